The molecule has 0 aromatic heterocycles. The lowest BCUT2D eigenvalue weighted by Gasteiger charge is -2.16. The third kappa shape index (κ3) is 3.94. The van der Waals surface area contributed by atoms with Crippen LogP contribution >= 0.6 is 0 Å². The van der Waals surface area contributed by atoms with Gasteiger partial charge in [-0.25, -0.2) is 0 Å². The van der Waals surface area contributed by atoms with E-state index in [-0.39, 0.29) is 5.56 Å². The minimum Gasteiger partial charge on any atom is -0.366 e. The lowest BCUT2D eigenvalue weighted by Crippen LogP contribution is -2.22. The van der Waals surface area contributed by atoms with Gasteiger partial charge < -0.3 is 5.73 Å². The van der Waals surface area contributed by atoms with Crippen molar-refractivity contribution in [2.24, 2.45) is 5.73 Å². The number of amides is 1. The number of rotatable bonds is 4. The maximum atomic E-state index is 12.8. The zero-order valence-electron chi connectivity index (χ0n) is 10.3. The molecule has 0 aliphatic rings. The average Bonchev–Trinajstić information content (AvgIpc) is 2.25. The molecular weight excluding hydrogens is 299 g/mol. The molecule has 5 nitrogen and oxygen atoms in total. The summed E-state index contributed by atoms with van der Waals surface area (Å²) in [5.41, 5.74) is 3.31. The van der Waals surface area contributed by atoms with Crippen LogP contribution in [0.1, 0.15) is 28.4 Å². The Hall–Kier alpha value is -1.61. The first-order valence-corrected chi connectivity index (χ1v) is 6.89. The van der Waals surface area contributed by atoms with E-state index in [1.165, 1.54) is 0 Å². The highest BCUT2D eigenvalue weighted by Gasteiger charge is 2.34. The summed E-state index contributed by atoms with van der Waals surface area (Å²) in [5, 5.41) is -1.44. The molecule has 0 radical (unpaired) electrons. The number of hydrogen-bond donors (Lipinski definition) is 2. The van der Waals surface area contributed by atoms with Crippen LogP contribution in [0.25, 0.3) is 0 Å². The molecule has 0 aliphatic carbocycles. The van der Waals surface area contributed by atoms with Gasteiger partial charge in [-0.1, -0.05) is 0 Å². The minimum atomic E-state index is -4.70. The van der Waals surface area contributed by atoms with E-state index in [4.69, 9.17) is 10.3 Å². The van der Waals surface area contributed by atoms with E-state index in [0.717, 1.165) is 19.1 Å². The molecule has 1 amide bonds. The lowest BCUT2D eigenvalue weighted by atomic mass is 9.99. The van der Waals surface area contributed by atoms with Crippen molar-refractivity contribution in [3.63, 3.8) is 0 Å². The molecular formula is C11H12F3NO4S. The fourth-order valence-electron chi connectivity index (χ4n) is 1.61. The van der Waals surface area contributed by atoms with E-state index >= 15 is 0 Å². The standard InChI is InChI=1S/C11H12F3NO4S/c1-6(20(17,18)19)4-8-5-7(10(15)16)2-3-9(8)11(12,13)14/h2-3,5-6H,4H2,1H3,(H2,15,16)(H,17,18,19). The first-order valence-electron chi connectivity index (χ1n) is 5.39. The summed E-state index contributed by atoms with van der Waals surface area (Å²) in [6, 6.07) is 2.45. The van der Waals surface area contributed by atoms with Gasteiger partial charge in [-0.2, -0.15) is 21.6 Å². The fraction of sp³-hybridized carbons (Fsp3) is 0.364. The van der Waals surface area contributed by atoms with Gasteiger partial charge in [0.05, 0.1) is 10.8 Å². The Balaban J connectivity index is 3.33. The number of halogens is 3. The Morgan fingerprint density at radius 3 is 2.35 bits per heavy atom. The van der Waals surface area contributed by atoms with Gasteiger partial charge in [0.2, 0.25) is 5.91 Å². The van der Waals surface area contributed by atoms with E-state index in [9.17, 15) is 26.4 Å². The van der Waals surface area contributed by atoms with E-state index in [1.807, 2.05) is 0 Å². The maximum Gasteiger partial charge on any atom is 0.416 e. The van der Waals surface area contributed by atoms with Crippen LogP contribution in [0.2, 0.25) is 0 Å². The summed E-state index contributed by atoms with van der Waals surface area (Å²) in [6.45, 7) is 1.06. The predicted octanol–water partition coefficient (Wildman–Crippen LogP) is 1.62. The molecule has 1 atom stereocenters. The zero-order chi connectivity index (χ0) is 15.7. The first kappa shape index (κ1) is 16.4. The highest BCUT2D eigenvalue weighted by Crippen LogP contribution is 2.33. The highest BCUT2D eigenvalue weighted by atomic mass is 32.2. The summed E-state index contributed by atoms with van der Waals surface area (Å²) in [4.78, 5) is 11.0. The Labute approximate surface area is 113 Å². The van der Waals surface area contributed by atoms with Crippen molar-refractivity contribution < 1.29 is 30.9 Å². The highest BCUT2D eigenvalue weighted by molar-refractivity contribution is 7.86. The van der Waals surface area contributed by atoms with E-state index in [2.05, 4.69) is 0 Å². The number of nitrogens with two attached hydrogens (primary N) is 1. The van der Waals surface area contributed by atoms with Gasteiger partial charge >= 0.3 is 6.18 Å². The average molecular weight is 311 g/mol. The van der Waals surface area contributed by atoms with Crippen LogP contribution in [0.15, 0.2) is 18.2 Å². The number of hydrogen-bond acceptors (Lipinski definition) is 3. The molecule has 0 aliphatic heterocycles. The SMILES string of the molecule is CC(Cc1cc(C(N)=O)ccc1C(F)(F)F)S(=O)(=O)O. The molecule has 1 rings (SSSR count). The van der Waals surface area contributed by atoms with Gasteiger partial charge in [-0.15, -0.1) is 0 Å². The van der Waals surface area contributed by atoms with Crippen molar-refractivity contribution in [1.29, 1.82) is 0 Å². The van der Waals surface area contributed by atoms with Crippen molar-refractivity contribution in [3.8, 4) is 0 Å². The van der Waals surface area contributed by atoms with Gasteiger partial charge in [0.15, 0.2) is 0 Å². The second-order valence-electron chi connectivity index (χ2n) is 4.26. The van der Waals surface area contributed by atoms with E-state index < -0.39 is 45.0 Å². The molecule has 0 bridgehead atoms. The molecule has 20 heavy (non-hydrogen) atoms. The van der Waals surface area contributed by atoms with Gasteiger partial charge in [0.25, 0.3) is 10.1 Å². The monoisotopic (exact) mass is 311 g/mol. The van der Waals surface area contributed by atoms with Crippen molar-refractivity contribution in [2.75, 3.05) is 0 Å². The topological polar surface area (TPSA) is 97.5 Å². The van der Waals surface area contributed by atoms with Crippen LogP contribution in [0.4, 0.5) is 13.2 Å². The normalized spacial score (nSPS) is 14.1. The molecule has 9 heteroatoms. The largest absolute Gasteiger partial charge is 0.416 e. The summed E-state index contributed by atoms with van der Waals surface area (Å²) >= 11 is 0. The van der Waals surface area contributed by atoms with Crippen molar-refractivity contribution in [2.45, 2.75) is 24.8 Å². The van der Waals surface area contributed by atoms with Crippen LogP contribution in [-0.4, -0.2) is 24.1 Å². The lowest BCUT2D eigenvalue weighted by molar-refractivity contribution is -0.138. The van der Waals surface area contributed by atoms with Crippen LogP contribution < -0.4 is 5.73 Å². The molecule has 0 saturated heterocycles. The van der Waals surface area contributed by atoms with Crippen LogP contribution in [0.5, 0.6) is 0 Å². The molecule has 1 aromatic carbocycles. The number of alkyl halides is 3. The Morgan fingerprint density at radius 2 is 1.95 bits per heavy atom. The first-order chi connectivity index (χ1) is 8.93. The van der Waals surface area contributed by atoms with Crippen molar-refractivity contribution in [1.82, 2.24) is 0 Å². The Kier molecular flexibility index (Phi) is 4.45. The van der Waals surface area contributed by atoms with Crippen molar-refractivity contribution >= 4 is 16.0 Å². The Bertz CT molecular complexity index is 625. The maximum absolute atomic E-state index is 12.8. The third-order valence-electron chi connectivity index (χ3n) is 2.71. The number of carbonyl (C=O) groups is 1. The number of benzene rings is 1. The molecule has 0 heterocycles. The van der Waals surface area contributed by atoms with Gasteiger partial charge in [-0.05, 0) is 37.1 Å². The second-order valence-corrected chi connectivity index (χ2v) is 6.10. The zero-order valence-corrected chi connectivity index (χ0v) is 11.1. The molecule has 1 unspecified atom stereocenters. The summed E-state index contributed by atoms with van der Waals surface area (Å²) < 4.78 is 69.0. The summed E-state index contributed by atoms with van der Waals surface area (Å²) in [5.74, 6) is -0.931. The van der Waals surface area contributed by atoms with E-state index in [0.29, 0.717) is 6.07 Å². The molecule has 0 saturated carbocycles. The smallest absolute Gasteiger partial charge is 0.366 e. The minimum absolute atomic E-state index is 0.171. The fourth-order valence-corrected chi connectivity index (χ4v) is 2.00. The van der Waals surface area contributed by atoms with Gasteiger partial charge in [0.1, 0.15) is 0 Å². The summed E-state index contributed by atoms with van der Waals surface area (Å²) in [6.07, 6.45) is -5.29. The number of primary amides is 1. The quantitative estimate of drug-likeness (QED) is 0.826. The Morgan fingerprint density at radius 1 is 1.40 bits per heavy atom. The van der Waals surface area contributed by atoms with Gasteiger partial charge in [0, 0.05) is 5.56 Å². The molecule has 1 aromatic rings. The molecule has 3 N–H and O–H groups in total. The molecule has 0 spiro atoms. The summed E-state index contributed by atoms with van der Waals surface area (Å²) in [7, 11) is -4.48. The molecule has 112 valence electrons. The number of carbonyl (C=O) groups excluding carboxylic acids is 1. The van der Waals surface area contributed by atoms with Crippen LogP contribution in [0, 0.1) is 0 Å². The molecule has 0 fully saturated rings. The van der Waals surface area contributed by atoms with Crippen LogP contribution in [-0.2, 0) is 22.7 Å². The third-order valence-corrected chi connectivity index (χ3v) is 3.89. The predicted molar refractivity (Wildman–Crippen MR) is 64.7 cm³/mol. The van der Waals surface area contributed by atoms with E-state index in [1.54, 1.807) is 0 Å². The van der Waals surface area contributed by atoms with Crippen molar-refractivity contribution in [3.05, 3.63) is 34.9 Å². The van der Waals surface area contributed by atoms with Crippen LogP contribution in [0.3, 0.4) is 0 Å². The second kappa shape index (κ2) is 5.41. The van der Waals surface area contributed by atoms with Gasteiger partial charge in [-0.3, -0.25) is 9.35 Å².